The summed E-state index contributed by atoms with van der Waals surface area (Å²) in [6.45, 7) is 0. The highest BCUT2D eigenvalue weighted by Gasteiger charge is 2.23. The van der Waals surface area contributed by atoms with E-state index in [1.807, 2.05) is 0 Å². The molecule has 0 amide bonds. The number of fused-ring (bicyclic) bond motifs is 4. The van der Waals surface area contributed by atoms with E-state index >= 15 is 0 Å². The van der Waals surface area contributed by atoms with E-state index < -0.39 is 0 Å². The molecular weight excluding hydrogens is 797 g/mol. The number of hydrogen-bond acceptors (Lipinski definition) is 1. The second-order valence-corrected chi connectivity index (χ2v) is 16.8. The van der Waals surface area contributed by atoms with E-state index in [2.05, 4.69) is 276 Å². The molecule has 0 bridgehead atoms. The van der Waals surface area contributed by atoms with Gasteiger partial charge in [-0.15, -0.1) is 0 Å². The Labute approximate surface area is 385 Å². The molecule has 0 atom stereocenters. The lowest BCUT2D eigenvalue weighted by atomic mass is 9.89. The lowest BCUT2D eigenvalue weighted by molar-refractivity contribution is 1.18. The normalized spacial score (nSPS) is 11.3. The van der Waals surface area contributed by atoms with Gasteiger partial charge in [-0.2, -0.15) is 0 Å². The van der Waals surface area contributed by atoms with Crippen molar-refractivity contribution in [2.75, 3.05) is 4.90 Å². The topological polar surface area (TPSA) is 8.17 Å². The minimum atomic E-state index is 1.07. The van der Waals surface area contributed by atoms with Crippen LogP contribution in [0.3, 0.4) is 0 Å². The van der Waals surface area contributed by atoms with Crippen molar-refractivity contribution in [1.29, 1.82) is 0 Å². The van der Waals surface area contributed by atoms with E-state index in [-0.39, 0.29) is 0 Å². The maximum absolute atomic E-state index is 2.48. The highest BCUT2D eigenvalue weighted by atomic mass is 15.1. The number of benzene rings is 11. The summed E-state index contributed by atoms with van der Waals surface area (Å²) in [4.78, 5) is 2.45. The smallest absolute Gasteiger partial charge is 0.0562 e. The second-order valence-electron chi connectivity index (χ2n) is 16.8. The van der Waals surface area contributed by atoms with Gasteiger partial charge in [0.2, 0.25) is 0 Å². The largest absolute Gasteiger partial charge is 0.310 e. The van der Waals surface area contributed by atoms with Crippen LogP contribution in [0.4, 0.5) is 17.1 Å². The molecular formula is C64H44N2. The molecule has 0 fully saturated rings. The molecule has 1 aromatic heterocycles. The number of aromatic nitrogens is 1. The second kappa shape index (κ2) is 16.8. The fraction of sp³-hybridized carbons (Fsp3) is 0. The van der Waals surface area contributed by atoms with Crippen molar-refractivity contribution in [2.24, 2.45) is 0 Å². The summed E-state index contributed by atoms with van der Waals surface area (Å²) >= 11 is 0. The number of nitrogens with zero attached hydrogens (tertiary/aromatic N) is 2. The average Bonchev–Trinajstić information content (AvgIpc) is 3.73. The maximum Gasteiger partial charge on any atom is 0.0562 e. The lowest BCUT2D eigenvalue weighted by Gasteiger charge is -2.29. The van der Waals surface area contributed by atoms with Crippen molar-refractivity contribution < 1.29 is 0 Å². The van der Waals surface area contributed by atoms with Crippen LogP contribution in [0, 0.1) is 0 Å². The van der Waals surface area contributed by atoms with Crippen LogP contribution in [0.2, 0.25) is 0 Å². The molecule has 0 saturated heterocycles. The van der Waals surface area contributed by atoms with Gasteiger partial charge in [-0.05, 0) is 104 Å². The van der Waals surface area contributed by atoms with Crippen LogP contribution < -0.4 is 4.90 Å². The molecule has 12 aromatic rings. The van der Waals surface area contributed by atoms with Crippen LogP contribution >= 0.6 is 0 Å². The van der Waals surface area contributed by atoms with E-state index in [4.69, 9.17) is 0 Å². The molecule has 12 rings (SSSR count). The monoisotopic (exact) mass is 840 g/mol. The number of rotatable bonds is 9. The first kappa shape index (κ1) is 38.9. The van der Waals surface area contributed by atoms with Gasteiger partial charge in [-0.3, -0.25) is 0 Å². The zero-order valence-corrected chi connectivity index (χ0v) is 36.3. The molecule has 11 aromatic carbocycles. The molecule has 310 valence electrons. The summed E-state index contributed by atoms with van der Waals surface area (Å²) in [5.74, 6) is 0. The van der Waals surface area contributed by atoms with Gasteiger partial charge in [0, 0.05) is 33.3 Å². The van der Waals surface area contributed by atoms with Crippen molar-refractivity contribution in [1.82, 2.24) is 4.57 Å². The summed E-state index contributed by atoms with van der Waals surface area (Å²) < 4.78 is 2.48. The Kier molecular flexibility index (Phi) is 9.89. The zero-order chi connectivity index (χ0) is 43.8. The van der Waals surface area contributed by atoms with Gasteiger partial charge >= 0.3 is 0 Å². The molecule has 0 spiro atoms. The number of para-hydroxylation sites is 3. The van der Waals surface area contributed by atoms with Gasteiger partial charge in [-0.1, -0.05) is 218 Å². The Balaban J connectivity index is 1.12. The molecule has 0 aliphatic heterocycles. The van der Waals surface area contributed by atoms with Crippen LogP contribution in [0.15, 0.2) is 267 Å². The van der Waals surface area contributed by atoms with Crippen LogP contribution in [0.25, 0.3) is 93.9 Å². The Morgan fingerprint density at radius 1 is 0.258 bits per heavy atom. The molecule has 2 heteroatoms. The van der Waals surface area contributed by atoms with Crippen molar-refractivity contribution >= 4 is 49.6 Å². The summed E-state index contributed by atoms with van der Waals surface area (Å²) in [7, 11) is 0. The number of anilines is 3. The minimum Gasteiger partial charge on any atom is -0.310 e. The van der Waals surface area contributed by atoms with E-state index in [0.717, 1.165) is 45.0 Å². The van der Waals surface area contributed by atoms with Crippen LogP contribution in [-0.2, 0) is 0 Å². The Bertz CT molecular complexity index is 3690. The van der Waals surface area contributed by atoms with Crippen LogP contribution in [-0.4, -0.2) is 4.57 Å². The molecule has 1 heterocycles. The van der Waals surface area contributed by atoms with Crippen molar-refractivity contribution in [3.05, 3.63) is 267 Å². The molecule has 0 radical (unpaired) electrons. The third kappa shape index (κ3) is 6.84. The molecule has 66 heavy (non-hydrogen) atoms. The van der Waals surface area contributed by atoms with Crippen LogP contribution in [0.1, 0.15) is 0 Å². The third-order valence-electron chi connectivity index (χ3n) is 13.0. The lowest BCUT2D eigenvalue weighted by Crippen LogP contribution is -2.11. The standard InChI is InChI=1S/C64H44N2/c1-4-21-45(22-5-1)51-29-12-13-32-54(51)48-39-42-63(60(43-48)56-33-15-14-31-53(56)46-23-6-2-7-24-46)65(49-27-8-3-9-28-49)50-40-41-59-58-35-17-19-38-62(58)66(64(59)44-50)61-37-18-16-34-57(61)55-36-20-26-47-25-10-11-30-52(47)55/h1-44H. The Hall–Kier alpha value is -8.72. The van der Waals surface area contributed by atoms with Gasteiger partial charge in [0.1, 0.15) is 0 Å². The van der Waals surface area contributed by atoms with Crippen LogP contribution in [0.5, 0.6) is 0 Å². The summed E-state index contributed by atoms with van der Waals surface area (Å²) in [5, 5.41) is 4.89. The Morgan fingerprint density at radius 2 is 0.773 bits per heavy atom. The summed E-state index contributed by atoms with van der Waals surface area (Å²) in [6.07, 6.45) is 0. The van der Waals surface area contributed by atoms with E-state index in [1.54, 1.807) is 0 Å². The molecule has 0 aliphatic rings. The quantitative estimate of drug-likeness (QED) is 0.141. The van der Waals surface area contributed by atoms with E-state index in [0.29, 0.717) is 0 Å². The van der Waals surface area contributed by atoms with Gasteiger partial charge in [-0.25, -0.2) is 0 Å². The molecule has 0 aliphatic carbocycles. The van der Waals surface area contributed by atoms with Gasteiger partial charge < -0.3 is 9.47 Å². The summed E-state index contributed by atoms with van der Waals surface area (Å²) in [5.41, 5.74) is 18.5. The van der Waals surface area contributed by atoms with Gasteiger partial charge in [0.15, 0.2) is 0 Å². The van der Waals surface area contributed by atoms with Gasteiger partial charge in [0.25, 0.3) is 0 Å². The predicted molar refractivity (Wildman–Crippen MR) is 280 cm³/mol. The summed E-state index contributed by atoms with van der Waals surface area (Å²) in [6, 6.07) is 97.0. The molecule has 0 N–H and O–H groups in total. The first-order chi connectivity index (χ1) is 32.8. The van der Waals surface area contributed by atoms with Gasteiger partial charge in [0.05, 0.1) is 22.4 Å². The highest BCUT2D eigenvalue weighted by Crippen LogP contribution is 2.48. The third-order valence-corrected chi connectivity index (χ3v) is 13.0. The van der Waals surface area contributed by atoms with E-state index in [9.17, 15) is 0 Å². The fourth-order valence-corrected chi connectivity index (χ4v) is 10.0. The zero-order valence-electron chi connectivity index (χ0n) is 36.3. The maximum atomic E-state index is 2.48. The fourth-order valence-electron chi connectivity index (χ4n) is 10.0. The molecule has 0 unspecified atom stereocenters. The number of hydrogen-bond donors (Lipinski definition) is 0. The van der Waals surface area contributed by atoms with E-state index in [1.165, 1.54) is 66.0 Å². The first-order valence-electron chi connectivity index (χ1n) is 22.7. The average molecular weight is 841 g/mol. The minimum absolute atomic E-state index is 1.07. The van der Waals surface area contributed by atoms with Crippen molar-refractivity contribution in [3.8, 4) is 61.3 Å². The molecule has 2 nitrogen and oxygen atoms in total. The highest BCUT2D eigenvalue weighted by molar-refractivity contribution is 6.12. The van der Waals surface area contributed by atoms with Crippen molar-refractivity contribution in [3.63, 3.8) is 0 Å². The molecule has 0 saturated carbocycles. The first-order valence-corrected chi connectivity index (χ1v) is 22.7. The SMILES string of the molecule is c1ccc(-c2ccccc2-c2ccc(N(c3ccccc3)c3ccc4c5ccccc5n(-c5ccccc5-c5cccc6ccccc56)c4c3)c(-c3ccccc3-c3ccccc3)c2)cc1. The predicted octanol–water partition coefficient (Wildman–Crippen LogP) is 17.7. The van der Waals surface area contributed by atoms with Crippen molar-refractivity contribution in [2.45, 2.75) is 0 Å². The Morgan fingerprint density at radius 3 is 1.50 bits per heavy atom.